The van der Waals surface area contributed by atoms with Crippen LogP contribution in [0.5, 0.6) is 0 Å². The molecule has 3 N–H and O–H groups in total. The molecule has 3 rings (SSSR count). The molecule has 136 valence electrons. The molecule has 0 spiro atoms. The van der Waals surface area contributed by atoms with E-state index < -0.39 is 11.3 Å². The highest BCUT2D eigenvalue weighted by Gasteiger charge is 2.41. The van der Waals surface area contributed by atoms with Crippen LogP contribution >= 0.6 is 11.6 Å². The first kappa shape index (κ1) is 18.5. The lowest BCUT2D eigenvalue weighted by Gasteiger charge is -2.36. The molecule has 0 saturated heterocycles. The lowest BCUT2D eigenvalue weighted by molar-refractivity contribution is -0.122. The minimum atomic E-state index is -0.599. The number of carbonyl (C=O) groups excluding carboxylic acids is 2. The van der Waals surface area contributed by atoms with Crippen molar-refractivity contribution in [3.63, 3.8) is 0 Å². The average molecular weight is 371 g/mol. The van der Waals surface area contributed by atoms with Gasteiger partial charge < -0.3 is 11.1 Å². The summed E-state index contributed by atoms with van der Waals surface area (Å²) in [6.45, 7) is 1.79. The Hall–Kier alpha value is -2.33. The smallest absolute Gasteiger partial charge is 0.249 e. The summed E-state index contributed by atoms with van der Waals surface area (Å²) in [5.41, 5.74) is 7.50. The van der Waals surface area contributed by atoms with E-state index in [2.05, 4.69) is 5.32 Å². The molecule has 4 nitrogen and oxygen atoms in total. The Labute approximate surface area is 158 Å². The van der Waals surface area contributed by atoms with Crippen molar-refractivity contribution in [2.24, 2.45) is 5.73 Å². The van der Waals surface area contributed by atoms with Gasteiger partial charge in [-0.3, -0.25) is 9.59 Å². The molecule has 0 atom stereocenters. The van der Waals surface area contributed by atoms with Gasteiger partial charge in [-0.25, -0.2) is 0 Å². The number of primary amides is 1. The average Bonchev–Trinajstić information content (AvgIpc) is 2.63. The molecule has 1 saturated carbocycles. The number of anilines is 1. The Bertz CT molecular complexity index is 842. The summed E-state index contributed by atoms with van der Waals surface area (Å²) in [4.78, 5) is 24.9. The van der Waals surface area contributed by atoms with Crippen LogP contribution in [0.15, 0.2) is 42.5 Å². The normalized spacial score (nSPS) is 16.1. The second kappa shape index (κ2) is 7.50. The largest absolute Gasteiger partial charge is 0.366 e. The quantitative estimate of drug-likeness (QED) is 0.826. The number of amides is 2. The number of carbonyl (C=O) groups is 2. The number of hydrogen-bond acceptors (Lipinski definition) is 2. The number of benzene rings is 2. The molecule has 2 aromatic carbocycles. The molecule has 5 heteroatoms. The number of hydrogen-bond donors (Lipinski definition) is 2. The van der Waals surface area contributed by atoms with Crippen molar-refractivity contribution in [2.75, 3.05) is 5.32 Å². The molecule has 0 bridgehead atoms. The van der Waals surface area contributed by atoms with E-state index in [0.717, 1.165) is 37.7 Å². The Morgan fingerprint density at radius 2 is 1.77 bits per heavy atom. The monoisotopic (exact) mass is 370 g/mol. The molecule has 0 heterocycles. The van der Waals surface area contributed by atoms with Gasteiger partial charge in [-0.1, -0.05) is 49.1 Å². The van der Waals surface area contributed by atoms with Gasteiger partial charge in [0.15, 0.2) is 0 Å². The van der Waals surface area contributed by atoms with Crippen molar-refractivity contribution in [3.05, 3.63) is 64.2 Å². The van der Waals surface area contributed by atoms with Gasteiger partial charge >= 0.3 is 0 Å². The minimum absolute atomic E-state index is 0.0517. The lowest BCUT2D eigenvalue weighted by atomic mass is 9.68. The van der Waals surface area contributed by atoms with Crippen LogP contribution in [0.2, 0.25) is 5.02 Å². The predicted molar refractivity (Wildman–Crippen MR) is 105 cm³/mol. The predicted octanol–water partition coefficient (Wildman–Crippen LogP) is 4.59. The molecular weight excluding hydrogens is 348 g/mol. The first-order valence-electron chi connectivity index (χ1n) is 8.91. The maximum atomic E-state index is 13.4. The van der Waals surface area contributed by atoms with E-state index >= 15 is 0 Å². The van der Waals surface area contributed by atoms with Gasteiger partial charge in [0.1, 0.15) is 0 Å². The zero-order valence-electron chi connectivity index (χ0n) is 14.8. The van der Waals surface area contributed by atoms with Crippen molar-refractivity contribution >= 4 is 29.1 Å². The summed E-state index contributed by atoms with van der Waals surface area (Å²) in [6, 6.07) is 12.8. The third-order valence-corrected chi connectivity index (χ3v) is 5.60. The molecular formula is C21H23ClN2O2. The highest BCUT2D eigenvalue weighted by atomic mass is 35.5. The summed E-state index contributed by atoms with van der Waals surface area (Å²) in [7, 11) is 0. The standard InChI is InChI=1S/C21H23ClN2O2/c1-14-17(19(23)25)9-6-10-18(14)24-20(26)21(11-3-2-4-12-21)15-7-5-8-16(22)13-15/h5-10,13H,2-4,11-12H2,1H3,(H2,23,25)(H,24,26). The van der Waals surface area contributed by atoms with Crippen molar-refractivity contribution in [1.29, 1.82) is 0 Å². The number of halogens is 1. The molecule has 1 aliphatic rings. The Balaban J connectivity index is 1.97. The van der Waals surface area contributed by atoms with E-state index in [0.29, 0.717) is 21.8 Å². The van der Waals surface area contributed by atoms with E-state index in [1.807, 2.05) is 24.3 Å². The summed E-state index contributed by atoms with van der Waals surface area (Å²) in [5, 5.41) is 3.68. The number of nitrogens with one attached hydrogen (secondary N) is 1. The molecule has 1 fully saturated rings. The second-order valence-electron chi connectivity index (χ2n) is 6.95. The van der Waals surface area contributed by atoms with Crippen molar-refractivity contribution in [3.8, 4) is 0 Å². The van der Waals surface area contributed by atoms with Crippen LogP contribution < -0.4 is 11.1 Å². The molecule has 0 aliphatic heterocycles. The van der Waals surface area contributed by atoms with Crippen LogP contribution in [0.25, 0.3) is 0 Å². The van der Waals surface area contributed by atoms with Gasteiger partial charge in [-0.05, 0) is 55.2 Å². The number of nitrogens with two attached hydrogens (primary N) is 1. The summed E-state index contributed by atoms with van der Waals surface area (Å²) in [5.74, 6) is -0.551. The maximum Gasteiger partial charge on any atom is 0.249 e. The van der Waals surface area contributed by atoms with Crippen LogP contribution in [-0.2, 0) is 10.2 Å². The van der Waals surface area contributed by atoms with Gasteiger partial charge in [0.2, 0.25) is 11.8 Å². The van der Waals surface area contributed by atoms with E-state index in [-0.39, 0.29) is 5.91 Å². The van der Waals surface area contributed by atoms with Crippen molar-refractivity contribution in [2.45, 2.75) is 44.4 Å². The Morgan fingerprint density at radius 3 is 2.42 bits per heavy atom. The van der Waals surface area contributed by atoms with Crippen molar-refractivity contribution in [1.82, 2.24) is 0 Å². The fourth-order valence-corrected chi connectivity index (χ4v) is 4.06. The van der Waals surface area contributed by atoms with E-state index in [9.17, 15) is 9.59 Å². The second-order valence-corrected chi connectivity index (χ2v) is 7.39. The molecule has 2 amide bonds. The van der Waals surface area contributed by atoms with Crippen LogP contribution in [0.1, 0.15) is 53.6 Å². The van der Waals surface area contributed by atoms with Crippen LogP contribution in [0.3, 0.4) is 0 Å². The van der Waals surface area contributed by atoms with E-state index in [1.54, 1.807) is 25.1 Å². The fourth-order valence-electron chi connectivity index (χ4n) is 3.87. The van der Waals surface area contributed by atoms with Gasteiger partial charge in [0, 0.05) is 16.3 Å². The third-order valence-electron chi connectivity index (χ3n) is 5.37. The molecule has 2 aromatic rings. The molecule has 1 aliphatic carbocycles. The zero-order chi connectivity index (χ0) is 18.7. The first-order chi connectivity index (χ1) is 12.4. The minimum Gasteiger partial charge on any atom is -0.366 e. The highest BCUT2D eigenvalue weighted by molar-refractivity contribution is 6.30. The summed E-state index contributed by atoms with van der Waals surface area (Å²) in [6.07, 6.45) is 4.70. The Morgan fingerprint density at radius 1 is 1.08 bits per heavy atom. The van der Waals surface area contributed by atoms with Gasteiger partial charge in [0.05, 0.1) is 5.41 Å². The number of rotatable bonds is 4. The maximum absolute atomic E-state index is 13.4. The zero-order valence-corrected chi connectivity index (χ0v) is 15.6. The van der Waals surface area contributed by atoms with E-state index in [1.165, 1.54) is 0 Å². The SMILES string of the molecule is Cc1c(NC(=O)C2(c3cccc(Cl)c3)CCCCC2)cccc1C(N)=O. The molecule has 26 heavy (non-hydrogen) atoms. The Kier molecular flexibility index (Phi) is 5.33. The lowest BCUT2D eigenvalue weighted by Crippen LogP contribution is -2.42. The summed E-state index contributed by atoms with van der Waals surface area (Å²) < 4.78 is 0. The summed E-state index contributed by atoms with van der Waals surface area (Å²) >= 11 is 6.19. The highest BCUT2D eigenvalue weighted by Crippen LogP contribution is 2.41. The van der Waals surface area contributed by atoms with Crippen LogP contribution in [0.4, 0.5) is 5.69 Å². The van der Waals surface area contributed by atoms with Crippen molar-refractivity contribution < 1.29 is 9.59 Å². The molecule has 0 aromatic heterocycles. The first-order valence-corrected chi connectivity index (χ1v) is 9.29. The van der Waals surface area contributed by atoms with Gasteiger partial charge in [-0.15, -0.1) is 0 Å². The van der Waals surface area contributed by atoms with Gasteiger partial charge in [-0.2, -0.15) is 0 Å². The van der Waals surface area contributed by atoms with Crippen LogP contribution in [0, 0.1) is 6.92 Å². The van der Waals surface area contributed by atoms with Gasteiger partial charge in [0.25, 0.3) is 0 Å². The molecule has 0 radical (unpaired) electrons. The van der Waals surface area contributed by atoms with E-state index in [4.69, 9.17) is 17.3 Å². The fraction of sp³-hybridized carbons (Fsp3) is 0.333. The topological polar surface area (TPSA) is 72.2 Å². The van der Waals surface area contributed by atoms with Crippen LogP contribution in [-0.4, -0.2) is 11.8 Å². The third kappa shape index (κ3) is 3.47. The molecule has 0 unspecified atom stereocenters.